The molecule has 8 atom stereocenters. The van der Waals surface area contributed by atoms with E-state index in [2.05, 4.69) is 41.5 Å². The van der Waals surface area contributed by atoms with Crippen LogP contribution in [-0.2, 0) is 9.59 Å². The van der Waals surface area contributed by atoms with E-state index in [9.17, 15) is 9.59 Å². The van der Waals surface area contributed by atoms with Crippen LogP contribution >= 0.6 is 0 Å². The van der Waals surface area contributed by atoms with Crippen LogP contribution in [0.4, 0.5) is 0 Å². The zero-order valence-electron chi connectivity index (χ0n) is 21.0. The molecule has 0 bridgehead atoms. The normalized spacial score (nSPS) is 42.0. The molecule has 0 aromatic rings. The van der Waals surface area contributed by atoms with Crippen LogP contribution in [0.3, 0.4) is 0 Å². The second kappa shape index (κ2) is 8.45. The summed E-state index contributed by atoms with van der Waals surface area (Å²) in [5.41, 5.74) is 1.26. The van der Waals surface area contributed by atoms with Crippen LogP contribution in [0.2, 0.25) is 0 Å². The van der Waals surface area contributed by atoms with Crippen LogP contribution in [0.5, 0.6) is 0 Å². The first-order chi connectivity index (χ1) is 14.6. The number of hydrogen-bond donors (Lipinski definition) is 0. The quantitative estimate of drug-likeness (QED) is 0.414. The Hall–Kier alpha value is -0.920. The van der Waals surface area contributed by atoms with Gasteiger partial charge in [0.1, 0.15) is 0 Å². The Bertz CT molecular complexity index is 748. The van der Waals surface area contributed by atoms with Gasteiger partial charge in [0, 0.05) is 0 Å². The van der Waals surface area contributed by atoms with Crippen molar-refractivity contribution >= 4 is 11.6 Å². The highest BCUT2D eigenvalue weighted by Crippen LogP contribution is 2.67. The molecule has 0 spiro atoms. The summed E-state index contributed by atoms with van der Waals surface area (Å²) in [5, 5.41) is 0. The first-order valence-electron chi connectivity index (χ1n) is 13.4. The molecular formula is C29H46O2. The second-order valence-corrected chi connectivity index (χ2v) is 12.5. The Morgan fingerprint density at radius 3 is 2.42 bits per heavy atom. The summed E-state index contributed by atoms with van der Waals surface area (Å²) in [7, 11) is 0. The number of hydrogen-bond acceptors (Lipinski definition) is 2. The zero-order valence-corrected chi connectivity index (χ0v) is 21.0. The third-order valence-electron chi connectivity index (χ3n) is 11.1. The largest absolute Gasteiger partial charge is 0.298 e. The van der Waals surface area contributed by atoms with E-state index >= 15 is 0 Å². The van der Waals surface area contributed by atoms with Gasteiger partial charge in [0.2, 0.25) is 0 Å². The number of Topliss-reactive ketones (excluding diaryl/α,β-unsaturated/α-hetero) is 1. The highest BCUT2D eigenvalue weighted by Gasteiger charge is 2.61. The minimum atomic E-state index is -0.354. The van der Waals surface area contributed by atoms with Gasteiger partial charge in [-0.1, -0.05) is 53.0 Å². The Morgan fingerprint density at radius 1 is 1.00 bits per heavy atom. The van der Waals surface area contributed by atoms with Crippen molar-refractivity contribution in [2.75, 3.05) is 0 Å². The number of carbonyl (C=O) groups excluding carboxylic acids is 2. The molecule has 174 valence electrons. The van der Waals surface area contributed by atoms with Crippen LogP contribution in [0, 0.1) is 52.3 Å². The summed E-state index contributed by atoms with van der Waals surface area (Å²) in [4.78, 5) is 25.2. The lowest BCUT2D eigenvalue weighted by Gasteiger charge is -2.57. The maximum Gasteiger partial charge on any atom is 0.163 e. The van der Waals surface area contributed by atoms with Gasteiger partial charge in [0.05, 0.1) is 11.8 Å². The summed E-state index contributed by atoms with van der Waals surface area (Å²) >= 11 is 0. The SMILES string of the molecule is CCC(CCC(C)C1CCC2C3CCC4=CC(=O)CC(=O)C4(C)C3CCC12C)C(C)C. The van der Waals surface area contributed by atoms with Gasteiger partial charge in [-0.3, -0.25) is 9.59 Å². The van der Waals surface area contributed by atoms with Crippen molar-refractivity contribution < 1.29 is 9.59 Å². The summed E-state index contributed by atoms with van der Waals surface area (Å²) in [6, 6.07) is 0. The molecule has 0 radical (unpaired) electrons. The van der Waals surface area contributed by atoms with Crippen LogP contribution < -0.4 is 0 Å². The summed E-state index contributed by atoms with van der Waals surface area (Å²) < 4.78 is 0. The molecule has 3 saturated carbocycles. The average molecular weight is 427 g/mol. The fourth-order valence-electron chi connectivity index (χ4n) is 9.08. The van der Waals surface area contributed by atoms with Gasteiger partial charge in [-0.25, -0.2) is 0 Å². The van der Waals surface area contributed by atoms with Gasteiger partial charge < -0.3 is 0 Å². The monoisotopic (exact) mass is 426 g/mol. The molecule has 0 aromatic carbocycles. The molecule has 0 saturated heterocycles. The molecule has 0 N–H and O–H groups in total. The molecule has 0 aliphatic heterocycles. The van der Waals surface area contributed by atoms with E-state index < -0.39 is 0 Å². The molecule has 2 heteroatoms. The minimum absolute atomic E-state index is 0.0399. The van der Waals surface area contributed by atoms with Gasteiger partial charge in [-0.2, -0.15) is 0 Å². The van der Waals surface area contributed by atoms with E-state index in [-0.39, 0.29) is 23.4 Å². The van der Waals surface area contributed by atoms with Gasteiger partial charge in [-0.05, 0) is 105 Å². The lowest BCUT2D eigenvalue weighted by atomic mass is 9.46. The zero-order chi connectivity index (χ0) is 22.6. The van der Waals surface area contributed by atoms with Crippen molar-refractivity contribution in [2.45, 2.75) is 106 Å². The molecule has 0 heterocycles. The lowest BCUT2D eigenvalue weighted by Crippen LogP contribution is -2.54. The van der Waals surface area contributed by atoms with Crippen molar-refractivity contribution in [1.29, 1.82) is 0 Å². The van der Waals surface area contributed by atoms with Crippen LogP contribution in [0.15, 0.2) is 11.6 Å². The number of rotatable bonds is 6. The minimum Gasteiger partial charge on any atom is -0.298 e. The Kier molecular flexibility index (Phi) is 6.34. The number of carbonyl (C=O) groups is 2. The van der Waals surface area contributed by atoms with Gasteiger partial charge >= 0.3 is 0 Å². The topological polar surface area (TPSA) is 34.1 Å². The highest BCUT2D eigenvalue weighted by molar-refractivity contribution is 6.11. The van der Waals surface area contributed by atoms with Crippen LogP contribution in [-0.4, -0.2) is 11.6 Å². The molecule has 31 heavy (non-hydrogen) atoms. The molecule has 2 nitrogen and oxygen atoms in total. The van der Waals surface area contributed by atoms with E-state index in [0.29, 0.717) is 17.3 Å². The fraction of sp³-hybridized carbons (Fsp3) is 0.862. The smallest absolute Gasteiger partial charge is 0.163 e. The van der Waals surface area contributed by atoms with E-state index in [1.165, 1.54) is 56.9 Å². The summed E-state index contributed by atoms with van der Waals surface area (Å²) in [6.45, 7) is 14.5. The van der Waals surface area contributed by atoms with Gasteiger partial charge in [0.15, 0.2) is 11.6 Å². The number of allylic oxidation sites excluding steroid dienone is 1. The van der Waals surface area contributed by atoms with Crippen molar-refractivity contribution in [3.8, 4) is 0 Å². The molecule has 0 amide bonds. The Morgan fingerprint density at radius 2 is 1.74 bits per heavy atom. The predicted molar refractivity (Wildman–Crippen MR) is 128 cm³/mol. The highest BCUT2D eigenvalue weighted by atomic mass is 16.1. The first-order valence-corrected chi connectivity index (χ1v) is 13.4. The molecule has 0 aromatic heterocycles. The standard InChI is InChI=1S/C29H46O2/c1-7-20(18(2)3)9-8-19(4)24-12-13-25-23-11-10-21-16-22(30)17-27(31)29(21,6)26(23)14-15-28(24,25)5/h16,18-20,23-26H,7-15,17H2,1-6H3. The van der Waals surface area contributed by atoms with Crippen molar-refractivity contribution in [1.82, 2.24) is 0 Å². The van der Waals surface area contributed by atoms with E-state index in [1.807, 2.05) is 6.08 Å². The van der Waals surface area contributed by atoms with Gasteiger partial charge in [-0.15, -0.1) is 0 Å². The molecule has 8 unspecified atom stereocenters. The van der Waals surface area contributed by atoms with Crippen molar-refractivity contribution in [3.05, 3.63) is 11.6 Å². The summed E-state index contributed by atoms with van der Waals surface area (Å²) in [5.74, 6) is 5.49. The van der Waals surface area contributed by atoms with Crippen molar-refractivity contribution in [3.63, 3.8) is 0 Å². The summed E-state index contributed by atoms with van der Waals surface area (Å²) in [6.07, 6.45) is 13.4. The lowest BCUT2D eigenvalue weighted by molar-refractivity contribution is -0.140. The molecule has 4 aliphatic carbocycles. The van der Waals surface area contributed by atoms with Gasteiger partial charge in [0.25, 0.3) is 0 Å². The molecule has 3 fully saturated rings. The Balaban J connectivity index is 1.51. The van der Waals surface area contributed by atoms with E-state index in [0.717, 1.165) is 36.0 Å². The molecular weight excluding hydrogens is 380 g/mol. The third kappa shape index (κ3) is 3.68. The molecule has 4 rings (SSSR count). The average Bonchev–Trinajstić information content (AvgIpc) is 3.06. The second-order valence-electron chi connectivity index (χ2n) is 12.5. The number of ketones is 2. The third-order valence-corrected chi connectivity index (χ3v) is 11.1. The maximum atomic E-state index is 13.1. The van der Waals surface area contributed by atoms with E-state index in [1.54, 1.807) is 0 Å². The maximum absolute atomic E-state index is 13.1. The first kappa shape index (κ1) is 23.2. The van der Waals surface area contributed by atoms with Crippen LogP contribution in [0.25, 0.3) is 0 Å². The Labute approximate surface area is 191 Å². The van der Waals surface area contributed by atoms with Crippen molar-refractivity contribution in [2.24, 2.45) is 52.3 Å². The van der Waals surface area contributed by atoms with Crippen LogP contribution in [0.1, 0.15) is 106 Å². The van der Waals surface area contributed by atoms with E-state index in [4.69, 9.17) is 0 Å². The number of fused-ring (bicyclic) bond motifs is 5. The fourth-order valence-corrected chi connectivity index (χ4v) is 9.08. The molecule has 4 aliphatic rings. The predicted octanol–water partition coefficient (Wildman–Crippen LogP) is 7.41.